The summed E-state index contributed by atoms with van der Waals surface area (Å²) in [5.41, 5.74) is 1.18. The molecule has 1 heterocycles. The molecule has 0 radical (unpaired) electrons. The highest BCUT2D eigenvalue weighted by molar-refractivity contribution is 7.99. The summed E-state index contributed by atoms with van der Waals surface area (Å²) in [5.74, 6) is -1.63. The van der Waals surface area contributed by atoms with Crippen LogP contribution in [-0.4, -0.2) is 31.7 Å². The number of non-ortho nitro benzene ring substituents is 1. The molecule has 0 saturated carbocycles. The zero-order chi connectivity index (χ0) is 21.8. The molecule has 2 aromatic carbocycles. The van der Waals surface area contributed by atoms with Crippen molar-refractivity contribution >= 4 is 35.0 Å². The number of nitrogens with zero attached hydrogens (tertiary/aromatic N) is 3. The Hall–Kier alpha value is -3.66. The van der Waals surface area contributed by atoms with Gasteiger partial charge in [-0.1, -0.05) is 29.5 Å². The summed E-state index contributed by atoms with van der Waals surface area (Å²) in [6.45, 7) is 3.52. The number of carboxylic acids is 1. The van der Waals surface area contributed by atoms with Gasteiger partial charge >= 0.3 is 5.97 Å². The Morgan fingerprint density at radius 2 is 1.90 bits per heavy atom. The lowest BCUT2D eigenvalue weighted by Crippen LogP contribution is -2.24. The molecule has 9 nitrogen and oxygen atoms in total. The van der Waals surface area contributed by atoms with Crippen LogP contribution in [0, 0.1) is 17.0 Å². The molecule has 1 atom stereocenters. The van der Waals surface area contributed by atoms with Crippen LogP contribution in [0.1, 0.15) is 28.9 Å². The lowest BCUT2D eigenvalue weighted by molar-refractivity contribution is -0.385. The summed E-state index contributed by atoms with van der Waals surface area (Å²) in [5, 5.41) is 26.8. The summed E-state index contributed by atoms with van der Waals surface area (Å²) in [6.07, 6.45) is 2.40. The molecule has 30 heavy (non-hydrogen) atoms. The lowest BCUT2D eigenvalue weighted by Gasteiger charge is -2.13. The number of aromatic carboxylic acids is 1. The summed E-state index contributed by atoms with van der Waals surface area (Å²) < 4.78 is 1.22. The zero-order valence-electron chi connectivity index (χ0n) is 16.1. The van der Waals surface area contributed by atoms with E-state index in [0.29, 0.717) is 4.90 Å². The van der Waals surface area contributed by atoms with Crippen LogP contribution in [0.2, 0.25) is 0 Å². The van der Waals surface area contributed by atoms with Crippen molar-refractivity contribution < 1.29 is 19.6 Å². The van der Waals surface area contributed by atoms with Crippen molar-refractivity contribution in [2.45, 2.75) is 29.7 Å². The van der Waals surface area contributed by atoms with Crippen molar-refractivity contribution in [3.05, 3.63) is 76.1 Å². The highest BCUT2D eigenvalue weighted by Gasteiger charge is 2.19. The van der Waals surface area contributed by atoms with Gasteiger partial charge in [0.2, 0.25) is 5.91 Å². The zero-order valence-corrected chi connectivity index (χ0v) is 16.9. The topological polar surface area (TPSA) is 127 Å². The molecule has 1 aromatic heterocycles. The second kappa shape index (κ2) is 8.78. The molecule has 1 amide bonds. The summed E-state index contributed by atoms with van der Waals surface area (Å²) in [6, 6.07) is 11.3. The van der Waals surface area contributed by atoms with Gasteiger partial charge in [-0.05, 0) is 32.0 Å². The number of rotatable bonds is 7. The van der Waals surface area contributed by atoms with E-state index < -0.39 is 22.8 Å². The van der Waals surface area contributed by atoms with E-state index in [-0.39, 0.29) is 16.9 Å². The van der Waals surface area contributed by atoms with Crippen LogP contribution in [0.4, 0.5) is 11.4 Å². The first-order valence-corrected chi connectivity index (χ1v) is 9.67. The first kappa shape index (κ1) is 21.1. The molecule has 2 N–H and O–H groups in total. The number of anilines is 1. The van der Waals surface area contributed by atoms with E-state index in [4.69, 9.17) is 5.11 Å². The number of carbonyl (C=O) groups is 2. The Labute approximate surface area is 175 Å². The normalized spacial score (nSPS) is 11.7. The van der Waals surface area contributed by atoms with E-state index >= 15 is 0 Å². The number of nitro groups is 1. The van der Waals surface area contributed by atoms with Crippen molar-refractivity contribution in [1.82, 2.24) is 9.78 Å². The Morgan fingerprint density at radius 1 is 1.20 bits per heavy atom. The Kier molecular flexibility index (Phi) is 6.17. The van der Waals surface area contributed by atoms with Gasteiger partial charge in [-0.15, -0.1) is 0 Å². The van der Waals surface area contributed by atoms with Crippen molar-refractivity contribution in [3.63, 3.8) is 0 Å². The molecule has 0 aliphatic heterocycles. The molecule has 0 saturated heterocycles. The number of benzene rings is 2. The predicted molar refractivity (Wildman–Crippen MR) is 111 cm³/mol. The summed E-state index contributed by atoms with van der Waals surface area (Å²) >= 11 is 1.34. The maximum atomic E-state index is 12.6. The van der Waals surface area contributed by atoms with Crippen LogP contribution in [0.25, 0.3) is 0 Å². The molecule has 10 heteroatoms. The van der Waals surface area contributed by atoms with E-state index in [1.165, 1.54) is 34.8 Å². The highest BCUT2D eigenvalue weighted by atomic mass is 32.2. The van der Waals surface area contributed by atoms with E-state index in [1.54, 1.807) is 13.0 Å². The molecule has 0 aliphatic rings. The van der Waals surface area contributed by atoms with Crippen molar-refractivity contribution in [2.75, 3.05) is 5.32 Å². The molecule has 154 valence electrons. The third-order valence-corrected chi connectivity index (χ3v) is 5.23. The van der Waals surface area contributed by atoms with E-state index in [2.05, 4.69) is 10.4 Å². The van der Waals surface area contributed by atoms with Crippen LogP contribution < -0.4 is 5.32 Å². The Bertz CT molecular complexity index is 1110. The van der Waals surface area contributed by atoms with Crippen molar-refractivity contribution in [2.24, 2.45) is 0 Å². The van der Waals surface area contributed by atoms with Gasteiger partial charge < -0.3 is 10.4 Å². The van der Waals surface area contributed by atoms with E-state index in [0.717, 1.165) is 16.7 Å². The number of amides is 1. The Morgan fingerprint density at radius 3 is 2.50 bits per heavy atom. The highest BCUT2D eigenvalue weighted by Crippen LogP contribution is 2.33. The maximum absolute atomic E-state index is 12.6. The molecular weight excluding hydrogens is 408 g/mol. The molecule has 3 rings (SSSR count). The fourth-order valence-electron chi connectivity index (χ4n) is 2.59. The van der Waals surface area contributed by atoms with Gasteiger partial charge in [0, 0.05) is 33.8 Å². The van der Waals surface area contributed by atoms with Gasteiger partial charge in [0.15, 0.2) is 0 Å². The standard InChI is InChI=1S/C20H18N4O5S/c1-12-3-5-17(6-4-12)30-18-8-15(7-16(9-18)24(28)29)22-19(25)13(2)23-11-14(10-21-23)20(26)27/h3-11,13H,1-2H3,(H,22,25)(H,26,27). The fraction of sp³-hybridized carbons (Fsp3) is 0.150. The Balaban J connectivity index is 1.82. The minimum absolute atomic E-state index is 0.0400. The lowest BCUT2D eigenvalue weighted by atomic mass is 10.2. The van der Waals surface area contributed by atoms with E-state index in [9.17, 15) is 19.7 Å². The van der Waals surface area contributed by atoms with Crippen LogP contribution >= 0.6 is 11.8 Å². The third kappa shape index (κ3) is 5.03. The van der Waals surface area contributed by atoms with Crippen molar-refractivity contribution in [1.29, 1.82) is 0 Å². The average Bonchev–Trinajstić information content (AvgIpc) is 3.19. The molecule has 3 aromatic rings. The van der Waals surface area contributed by atoms with Gasteiger partial charge in [-0.2, -0.15) is 5.10 Å². The number of nitro benzene ring substituents is 1. The molecule has 0 aliphatic carbocycles. The van der Waals surface area contributed by atoms with Crippen LogP contribution in [-0.2, 0) is 4.79 Å². The van der Waals surface area contributed by atoms with Gasteiger partial charge in [-0.3, -0.25) is 19.6 Å². The number of aromatic nitrogens is 2. The number of carboxylic acid groups (broad SMARTS) is 1. The average molecular weight is 426 g/mol. The quantitative estimate of drug-likeness (QED) is 0.429. The predicted octanol–water partition coefficient (Wildman–Crippen LogP) is 4.15. The van der Waals surface area contributed by atoms with Crippen LogP contribution in [0.15, 0.2) is 64.6 Å². The second-order valence-corrected chi connectivity index (χ2v) is 7.71. The van der Waals surface area contributed by atoms with Gasteiger partial charge in [-0.25, -0.2) is 4.79 Å². The second-order valence-electron chi connectivity index (χ2n) is 6.57. The molecular formula is C20H18N4O5S. The van der Waals surface area contributed by atoms with Crippen LogP contribution in [0.5, 0.6) is 0 Å². The smallest absolute Gasteiger partial charge is 0.338 e. The summed E-state index contributed by atoms with van der Waals surface area (Å²) in [7, 11) is 0. The minimum atomic E-state index is -1.15. The van der Waals surface area contributed by atoms with Gasteiger partial charge in [0.25, 0.3) is 5.69 Å². The number of hydrogen-bond donors (Lipinski definition) is 2. The number of nitrogens with one attached hydrogen (secondary N) is 1. The number of carbonyl (C=O) groups excluding carboxylic acids is 1. The molecule has 0 fully saturated rings. The molecule has 0 spiro atoms. The van der Waals surface area contributed by atoms with Crippen molar-refractivity contribution in [3.8, 4) is 0 Å². The first-order valence-electron chi connectivity index (χ1n) is 8.85. The fourth-order valence-corrected chi connectivity index (χ4v) is 3.50. The van der Waals surface area contributed by atoms with Crippen LogP contribution in [0.3, 0.4) is 0 Å². The molecule has 0 bridgehead atoms. The number of aryl methyl sites for hydroxylation is 1. The monoisotopic (exact) mass is 426 g/mol. The number of hydrogen-bond acceptors (Lipinski definition) is 6. The van der Waals surface area contributed by atoms with E-state index in [1.807, 2.05) is 31.2 Å². The third-order valence-electron chi connectivity index (χ3n) is 4.25. The minimum Gasteiger partial charge on any atom is -0.478 e. The molecule has 1 unspecified atom stereocenters. The summed E-state index contributed by atoms with van der Waals surface area (Å²) in [4.78, 5) is 35.9. The SMILES string of the molecule is Cc1ccc(Sc2cc(NC(=O)C(C)n3cc(C(=O)O)cn3)cc([N+](=O)[O-])c2)cc1. The largest absolute Gasteiger partial charge is 0.478 e. The maximum Gasteiger partial charge on any atom is 0.338 e. The van der Waals surface area contributed by atoms with Gasteiger partial charge in [0.1, 0.15) is 6.04 Å². The van der Waals surface area contributed by atoms with Gasteiger partial charge in [0.05, 0.1) is 16.7 Å². The first-order chi connectivity index (χ1) is 14.2.